The number of amidine groups is 1. The summed E-state index contributed by atoms with van der Waals surface area (Å²) in [5.41, 5.74) is 0.864. The molecule has 4 N–H and O–H groups in total. The van der Waals surface area contributed by atoms with Crippen molar-refractivity contribution < 1.29 is 29.7 Å². The molecule has 2 aliphatic rings. The number of ether oxygens (including phenoxy) is 1. The third kappa shape index (κ3) is 5.32. The lowest BCUT2D eigenvalue weighted by molar-refractivity contribution is -0.147. The third-order valence-electron chi connectivity index (χ3n) is 4.88. The van der Waals surface area contributed by atoms with Crippen LogP contribution in [0.25, 0.3) is 0 Å². The van der Waals surface area contributed by atoms with Gasteiger partial charge in [-0.2, -0.15) is 0 Å². The van der Waals surface area contributed by atoms with Gasteiger partial charge < -0.3 is 29.8 Å². The number of unbranched alkanes of at least 4 members (excludes halogenated alkanes) is 4. The number of hydroxylamine groups is 1. The summed E-state index contributed by atoms with van der Waals surface area (Å²) >= 11 is 0. The summed E-state index contributed by atoms with van der Waals surface area (Å²) in [7, 11) is 0. The number of hydrogen-bond donors (Lipinski definition) is 4. The summed E-state index contributed by atoms with van der Waals surface area (Å²) in [6.07, 6.45) is 5.47. The van der Waals surface area contributed by atoms with E-state index in [2.05, 4.69) is 24.0 Å². The number of rotatable bonds is 8. The zero-order chi connectivity index (χ0) is 20.7. The predicted molar refractivity (Wildman–Crippen MR) is 103 cm³/mol. The predicted octanol–water partition coefficient (Wildman–Crippen LogP) is 0.923. The number of nitrogens with one attached hydrogen (secondary N) is 1. The van der Waals surface area contributed by atoms with E-state index >= 15 is 0 Å². The maximum absolute atomic E-state index is 11.8. The fourth-order valence-electron chi connectivity index (χ4n) is 3.16. The number of carbonyl (C=O) groups is 1. The van der Waals surface area contributed by atoms with Crippen molar-refractivity contribution >= 4 is 11.8 Å². The Kier molecular flexibility index (Phi) is 7.99. The second-order valence-corrected chi connectivity index (χ2v) is 7.26. The molecule has 9 heteroatoms. The molecule has 1 fully saturated rings. The summed E-state index contributed by atoms with van der Waals surface area (Å²) < 4.78 is 5.54. The molecule has 2 heterocycles. The number of aliphatic hydroxyl groups is 3. The van der Waals surface area contributed by atoms with Crippen molar-refractivity contribution in [2.24, 2.45) is 4.99 Å². The number of aliphatic hydroxyl groups excluding tert-OH is 2. The van der Waals surface area contributed by atoms with Gasteiger partial charge >= 0.3 is 5.97 Å². The lowest BCUT2D eigenvalue weighted by Crippen LogP contribution is -2.51. The maximum Gasteiger partial charge on any atom is 0.332 e. The minimum Gasteiger partial charge on any atom is -0.394 e. The van der Waals surface area contributed by atoms with Crippen molar-refractivity contribution in [3.8, 4) is 0 Å². The molecule has 158 valence electrons. The molecule has 0 aromatic carbocycles. The molecule has 0 radical (unpaired) electrons. The maximum atomic E-state index is 11.8. The van der Waals surface area contributed by atoms with E-state index in [0.717, 1.165) is 25.7 Å². The van der Waals surface area contributed by atoms with Crippen molar-refractivity contribution in [1.29, 1.82) is 0 Å². The first-order valence-corrected chi connectivity index (χ1v) is 9.67. The molecule has 0 spiro atoms. The molecule has 0 aromatic heterocycles. The normalized spacial score (nSPS) is 29.8. The molecule has 2 rings (SSSR count). The van der Waals surface area contributed by atoms with E-state index < -0.39 is 30.6 Å². The Balaban J connectivity index is 1.83. The quantitative estimate of drug-likeness (QED) is 0.352. The Hall–Kier alpha value is -1.94. The summed E-state index contributed by atoms with van der Waals surface area (Å²) in [5.74, 6) is 0.130. The van der Waals surface area contributed by atoms with Crippen molar-refractivity contribution in [2.45, 2.75) is 76.4 Å². The third-order valence-corrected chi connectivity index (χ3v) is 4.88. The Bertz CT molecular complexity index is 619. The molecule has 0 saturated carbocycles. The van der Waals surface area contributed by atoms with E-state index in [1.165, 1.54) is 24.3 Å². The van der Waals surface area contributed by atoms with Gasteiger partial charge in [0.05, 0.1) is 6.61 Å². The first kappa shape index (κ1) is 22.4. The SMILES string of the molecule is C=C1N=C(NOC(=O)CCCCCCC)C=CN1[C@@H]1O[C@H](CO)C(O)[C@@]1(C)O. The molecule has 0 amide bonds. The van der Waals surface area contributed by atoms with Gasteiger partial charge in [-0.05, 0) is 19.4 Å². The van der Waals surface area contributed by atoms with Crippen LogP contribution in [-0.2, 0) is 14.4 Å². The smallest absolute Gasteiger partial charge is 0.332 e. The topological polar surface area (TPSA) is 124 Å². The van der Waals surface area contributed by atoms with Crippen LogP contribution >= 0.6 is 0 Å². The van der Waals surface area contributed by atoms with Gasteiger partial charge in [0.25, 0.3) is 0 Å². The van der Waals surface area contributed by atoms with Crippen LogP contribution in [0.3, 0.4) is 0 Å². The molecule has 0 bridgehead atoms. The van der Waals surface area contributed by atoms with E-state index in [4.69, 9.17) is 9.57 Å². The molecular formula is C19H31N3O6. The van der Waals surface area contributed by atoms with Gasteiger partial charge in [0.15, 0.2) is 12.1 Å². The highest BCUT2D eigenvalue weighted by molar-refractivity contribution is 5.94. The van der Waals surface area contributed by atoms with Gasteiger partial charge in [0.2, 0.25) is 0 Å². The zero-order valence-electron chi connectivity index (χ0n) is 16.5. The van der Waals surface area contributed by atoms with Crippen LogP contribution in [0.1, 0.15) is 52.4 Å². The van der Waals surface area contributed by atoms with E-state index in [1.54, 1.807) is 6.20 Å². The minimum absolute atomic E-state index is 0.219. The van der Waals surface area contributed by atoms with E-state index in [-0.39, 0.29) is 17.6 Å². The van der Waals surface area contributed by atoms with Crippen LogP contribution in [0.5, 0.6) is 0 Å². The summed E-state index contributed by atoms with van der Waals surface area (Å²) in [6, 6.07) is 0. The van der Waals surface area contributed by atoms with Gasteiger partial charge in [0, 0.05) is 12.6 Å². The lowest BCUT2D eigenvalue weighted by atomic mass is 9.96. The van der Waals surface area contributed by atoms with Gasteiger partial charge in [-0.15, -0.1) is 0 Å². The Morgan fingerprint density at radius 2 is 2.14 bits per heavy atom. The molecule has 1 unspecified atom stereocenters. The number of nitrogens with zero attached hydrogens (tertiary/aromatic N) is 2. The Labute approximate surface area is 165 Å². The van der Waals surface area contributed by atoms with Crippen molar-refractivity contribution in [3.63, 3.8) is 0 Å². The molecule has 1 saturated heterocycles. The Morgan fingerprint density at radius 1 is 1.43 bits per heavy atom. The van der Waals surface area contributed by atoms with Crippen LogP contribution in [0.4, 0.5) is 0 Å². The number of hydrogen-bond acceptors (Lipinski definition) is 9. The van der Waals surface area contributed by atoms with Gasteiger partial charge in [0.1, 0.15) is 23.6 Å². The second kappa shape index (κ2) is 10.0. The van der Waals surface area contributed by atoms with Crippen LogP contribution in [0.15, 0.2) is 29.7 Å². The average Bonchev–Trinajstić information content (AvgIpc) is 2.89. The summed E-state index contributed by atoms with van der Waals surface area (Å²) in [6.45, 7) is 6.93. The van der Waals surface area contributed by atoms with Crippen LogP contribution in [-0.4, -0.2) is 62.7 Å². The monoisotopic (exact) mass is 397 g/mol. The Morgan fingerprint density at radius 3 is 2.75 bits per heavy atom. The lowest BCUT2D eigenvalue weighted by Gasteiger charge is -2.35. The fraction of sp³-hybridized carbons (Fsp3) is 0.684. The average molecular weight is 397 g/mol. The highest BCUT2D eigenvalue weighted by Gasteiger charge is 2.54. The number of aliphatic imine (C=N–C) groups is 1. The molecule has 0 aliphatic carbocycles. The van der Waals surface area contributed by atoms with Crippen molar-refractivity contribution in [2.75, 3.05) is 6.61 Å². The number of carbonyl (C=O) groups excluding carboxylic acids is 1. The fourth-order valence-corrected chi connectivity index (χ4v) is 3.16. The first-order chi connectivity index (χ1) is 13.3. The first-order valence-electron chi connectivity index (χ1n) is 9.67. The highest BCUT2D eigenvalue weighted by atomic mass is 16.7. The van der Waals surface area contributed by atoms with Crippen LogP contribution in [0, 0.1) is 0 Å². The highest BCUT2D eigenvalue weighted by Crippen LogP contribution is 2.35. The van der Waals surface area contributed by atoms with Gasteiger partial charge in [-0.25, -0.2) is 15.3 Å². The molecule has 2 aliphatic heterocycles. The zero-order valence-corrected chi connectivity index (χ0v) is 16.5. The second-order valence-electron chi connectivity index (χ2n) is 7.26. The van der Waals surface area contributed by atoms with E-state index in [9.17, 15) is 20.1 Å². The molecule has 4 atom stereocenters. The van der Waals surface area contributed by atoms with Gasteiger partial charge in [-0.3, -0.25) is 0 Å². The van der Waals surface area contributed by atoms with Gasteiger partial charge in [-0.1, -0.05) is 39.2 Å². The van der Waals surface area contributed by atoms with E-state index in [0.29, 0.717) is 6.42 Å². The summed E-state index contributed by atoms with van der Waals surface area (Å²) in [4.78, 5) is 22.4. The minimum atomic E-state index is -1.63. The molecule has 9 nitrogen and oxygen atoms in total. The standard InChI is InChI=1S/C19H31N3O6/c1-4-5-6-7-8-9-16(24)28-21-15-10-11-22(13(2)20-15)18-19(3,26)17(25)14(12-23)27-18/h10-11,14,17-18,23,25-26H,2,4-9,12H2,1,3H3,(H,20,21)/t14-,17?,18-,19-/m1/s1. The van der Waals surface area contributed by atoms with Crippen molar-refractivity contribution in [3.05, 3.63) is 24.7 Å². The van der Waals surface area contributed by atoms with Crippen LogP contribution in [0.2, 0.25) is 0 Å². The molecular weight excluding hydrogens is 366 g/mol. The van der Waals surface area contributed by atoms with Crippen molar-refractivity contribution in [1.82, 2.24) is 10.4 Å². The largest absolute Gasteiger partial charge is 0.394 e. The van der Waals surface area contributed by atoms with E-state index in [1.807, 2.05) is 0 Å². The van der Waals surface area contributed by atoms with Crippen LogP contribution < -0.4 is 5.48 Å². The molecule has 28 heavy (non-hydrogen) atoms. The molecule has 0 aromatic rings. The summed E-state index contributed by atoms with van der Waals surface area (Å²) in [5, 5.41) is 29.9.